The lowest BCUT2D eigenvalue weighted by molar-refractivity contribution is -0.134. The summed E-state index contributed by atoms with van der Waals surface area (Å²) in [5, 5.41) is 4.60. The van der Waals surface area contributed by atoms with Crippen LogP contribution in [0, 0.1) is 6.92 Å². The molecule has 0 radical (unpaired) electrons. The van der Waals surface area contributed by atoms with Crippen LogP contribution >= 0.6 is 0 Å². The lowest BCUT2D eigenvalue weighted by Crippen LogP contribution is -2.43. The predicted octanol–water partition coefficient (Wildman–Crippen LogP) is 2.26. The number of nitrogens with zero attached hydrogens (tertiary/aromatic N) is 5. The van der Waals surface area contributed by atoms with Crippen molar-refractivity contribution in [2.24, 2.45) is 0 Å². The van der Waals surface area contributed by atoms with Crippen molar-refractivity contribution in [3.8, 4) is 0 Å². The molecule has 2 bridgehead atoms. The lowest BCUT2D eigenvalue weighted by atomic mass is 9.98. The van der Waals surface area contributed by atoms with Gasteiger partial charge in [-0.15, -0.1) is 0 Å². The number of amides is 1. The van der Waals surface area contributed by atoms with Crippen molar-refractivity contribution >= 4 is 11.6 Å². The fourth-order valence-corrected chi connectivity index (χ4v) is 4.35. The Balaban J connectivity index is 1.51. The number of carbonyl (C=O) groups is 1. The molecule has 2 atom stereocenters. The van der Waals surface area contributed by atoms with Crippen molar-refractivity contribution < 1.29 is 4.79 Å². The number of fused-ring (bicyclic) bond motifs is 6. The van der Waals surface area contributed by atoms with E-state index in [4.69, 9.17) is 0 Å². The molecule has 0 aromatic carbocycles. The van der Waals surface area contributed by atoms with Crippen LogP contribution in [0.3, 0.4) is 0 Å². The van der Waals surface area contributed by atoms with Crippen LogP contribution in [0.2, 0.25) is 0 Å². The van der Waals surface area contributed by atoms with Crippen LogP contribution in [0.1, 0.15) is 41.4 Å². The Morgan fingerprint density at radius 3 is 2.96 bits per heavy atom. The summed E-state index contributed by atoms with van der Waals surface area (Å²) in [4.78, 5) is 23.6. The zero-order valence-corrected chi connectivity index (χ0v) is 14.1. The third-order valence-corrected chi connectivity index (χ3v) is 5.42. The highest BCUT2D eigenvalue weighted by Crippen LogP contribution is 2.43. The molecule has 126 valence electrons. The van der Waals surface area contributed by atoms with Gasteiger partial charge in [0.15, 0.2) is 5.65 Å². The zero-order chi connectivity index (χ0) is 17.0. The zero-order valence-electron chi connectivity index (χ0n) is 14.1. The molecule has 6 heteroatoms. The molecule has 0 N–H and O–H groups in total. The van der Waals surface area contributed by atoms with Crippen molar-refractivity contribution in [3.05, 3.63) is 59.3 Å². The fourth-order valence-electron chi connectivity index (χ4n) is 4.35. The van der Waals surface area contributed by atoms with Crippen LogP contribution in [-0.2, 0) is 17.6 Å². The average Bonchev–Trinajstić information content (AvgIpc) is 3.15. The molecule has 2 aliphatic rings. The summed E-state index contributed by atoms with van der Waals surface area (Å²) in [6, 6.07) is 6.22. The molecule has 0 saturated carbocycles. The third kappa shape index (κ3) is 2.24. The van der Waals surface area contributed by atoms with E-state index >= 15 is 0 Å². The normalized spacial score (nSPS) is 21.6. The van der Waals surface area contributed by atoms with E-state index in [9.17, 15) is 4.79 Å². The van der Waals surface area contributed by atoms with Crippen molar-refractivity contribution in [1.82, 2.24) is 24.5 Å². The highest BCUT2D eigenvalue weighted by molar-refractivity contribution is 5.80. The Hall–Kier alpha value is -2.76. The molecule has 2 unspecified atom stereocenters. The molecule has 5 heterocycles. The van der Waals surface area contributed by atoms with Crippen LogP contribution in [0.15, 0.2) is 36.8 Å². The third-order valence-electron chi connectivity index (χ3n) is 5.42. The molecule has 0 spiro atoms. The second-order valence-corrected chi connectivity index (χ2v) is 7.00. The standard InChI is InChI=1S/C19H19N5O/c1-12-8-18-21-11-15-16-3-2-14(10-17(15)24(18)22-12)23(16)19(25)9-13-4-6-20-7-5-13/h4-8,11,14,16H,2-3,9-10H2,1H3. The Labute approximate surface area is 145 Å². The van der Waals surface area contributed by atoms with Crippen molar-refractivity contribution in [1.29, 1.82) is 0 Å². The van der Waals surface area contributed by atoms with E-state index in [0.29, 0.717) is 6.42 Å². The van der Waals surface area contributed by atoms with Gasteiger partial charge in [-0.3, -0.25) is 9.78 Å². The van der Waals surface area contributed by atoms with E-state index in [1.807, 2.05) is 35.8 Å². The van der Waals surface area contributed by atoms with Gasteiger partial charge in [0, 0.05) is 42.7 Å². The molecule has 2 aliphatic heterocycles. The van der Waals surface area contributed by atoms with E-state index in [2.05, 4.69) is 20.0 Å². The number of aromatic nitrogens is 4. The van der Waals surface area contributed by atoms with E-state index in [-0.39, 0.29) is 18.0 Å². The first-order valence-corrected chi connectivity index (χ1v) is 8.75. The van der Waals surface area contributed by atoms with Crippen molar-refractivity contribution in [2.45, 2.75) is 44.7 Å². The number of rotatable bonds is 2. The minimum Gasteiger partial charge on any atom is -0.332 e. The van der Waals surface area contributed by atoms with Gasteiger partial charge >= 0.3 is 0 Å². The summed E-state index contributed by atoms with van der Waals surface area (Å²) >= 11 is 0. The van der Waals surface area contributed by atoms with Gasteiger partial charge < -0.3 is 4.90 Å². The molecule has 1 amide bonds. The topological polar surface area (TPSA) is 63.4 Å². The molecule has 1 fully saturated rings. The van der Waals surface area contributed by atoms with Gasteiger partial charge in [-0.1, -0.05) is 0 Å². The summed E-state index contributed by atoms with van der Waals surface area (Å²) < 4.78 is 1.97. The lowest BCUT2D eigenvalue weighted by Gasteiger charge is -2.36. The number of hydrogen-bond acceptors (Lipinski definition) is 4. The van der Waals surface area contributed by atoms with Crippen molar-refractivity contribution in [2.75, 3.05) is 0 Å². The van der Waals surface area contributed by atoms with Gasteiger partial charge in [0.25, 0.3) is 0 Å². The second kappa shape index (κ2) is 5.37. The van der Waals surface area contributed by atoms with Crippen LogP contribution in [-0.4, -0.2) is 36.4 Å². The van der Waals surface area contributed by atoms with Crippen molar-refractivity contribution in [3.63, 3.8) is 0 Å². The van der Waals surface area contributed by atoms with Gasteiger partial charge in [-0.05, 0) is 37.5 Å². The number of aryl methyl sites for hydroxylation is 1. The highest BCUT2D eigenvalue weighted by Gasteiger charge is 2.43. The maximum Gasteiger partial charge on any atom is 0.227 e. The minimum absolute atomic E-state index is 0.129. The van der Waals surface area contributed by atoms with E-state index in [1.165, 1.54) is 5.69 Å². The first-order chi connectivity index (χ1) is 12.2. The molecule has 1 saturated heterocycles. The van der Waals surface area contributed by atoms with Gasteiger partial charge in [0.1, 0.15) is 0 Å². The first-order valence-electron chi connectivity index (χ1n) is 8.75. The molecule has 5 rings (SSSR count). The Morgan fingerprint density at radius 2 is 2.12 bits per heavy atom. The molecule has 3 aromatic rings. The molecule has 6 nitrogen and oxygen atoms in total. The van der Waals surface area contributed by atoms with Crippen LogP contribution < -0.4 is 0 Å². The maximum absolute atomic E-state index is 13.0. The largest absolute Gasteiger partial charge is 0.332 e. The first kappa shape index (κ1) is 14.6. The monoisotopic (exact) mass is 333 g/mol. The molecular formula is C19H19N5O. The van der Waals surface area contributed by atoms with Gasteiger partial charge in [0.2, 0.25) is 5.91 Å². The number of carbonyl (C=O) groups excluding carboxylic acids is 1. The highest BCUT2D eigenvalue weighted by atomic mass is 16.2. The molecule has 3 aromatic heterocycles. The van der Waals surface area contributed by atoms with Gasteiger partial charge in [-0.25, -0.2) is 9.50 Å². The fraction of sp³-hybridized carbons (Fsp3) is 0.368. The van der Waals surface area contributed by atoms with Crippen LogP contribution in [0.25, 0.3) is 5.65 Å². The molecule has 25 heavy (non-hydrogen) atoms. The predicted molar refractivity (Wildman–Crippen MR) is 92.0 cm³/mol. The second-order valence-electron chi connectivity index (χ2n) is 7.00. The SMILES string of the molecule is Cc1cc2ncc3c(n2n1)CC1CCC3N1C(=O)Cc1ccncc1. The van der Waals surface area contributed by atoms with E-state index in [1.54, 1.807) is 12.4 Å². The summed E-state index contributed by atoms with van der Waals surface area (Å²) in [5.74, 6) is 0.195. The minimum atomic E-state index is 0.129. The maximum atomic E-state index is 13.0. The van der Waals surface area contributed by atoms with E-state index < -0.39 is 0 Å². The van der Waals surface area contributed by atoms with E-state index in [0.717, 1.165) is 41.7 Å². The summed E-state index contributed by atoms with van der Waals surface area (Å²) in [6.07, 6.45) is 8.77. The Bertz CT molecular complexity index is 965. The van der Waals surface area contributed by atoms with Crippen LogP contribution in [0.5, 0.6) is 0 Å². The van der Waals surface area contributed by atoms with Gasteiger partial charge in [0.05, 0.1) is 23.9 Å². The summed E-state index contributed by atoms with van der Waals surface area (Å²) in [6.45, 7) is 1.99. The molecule has 0 aliphatic carbocycles. The van der Waals surface area contributed by atoms with Crippen LogP contribution in [0.4, 0.5) is 0 Å². The molecular weight excluding hydrogens is 314 g/mol. The Morgan fingerprint density at radius 1 is 1.28 bits per heavy atom. The average molecular weight is 333 g/mol. The smallest absolute Gasteiger partial charge is 0.227 e. The summed E-state index contributed by atoms with van der Waals surface area (Å²) in [7, 11) is 0. The summed E-state index contributed by atoms with van der Waals surface area (Å²) in [5.41, 5.74) is 5.27. The quantitative estimate of drug-likeness (QED) is 0.722. The van der Waals surface area contributed by atoms with Gasteiger partial charge in [-0.2, -0.15) is 5.10 Å². The number of pyridine rings is 1. The number of hydrogen-bond donors (Lipinski definition) is 0. The Kier molecular flexibility index (Phi) is 3.13.